The van der Waals surface area contributed by atoms with Gasteiger partial charge < -0.3 is 10.1 Å². The zero-order chi connectivity index (χ0) is 21.7. The van der Waals surface area contributed by atoms with Crippen LogP contribution in [0.15, 0.2) is 77.7 Å². The lowest BCUT2D eigenvalue weighted by molar-refractivity contribution is -0.114. The Bertz CT molecular complexity index is 1130. The van der Waals surface area contributed by atoms with Crippen LogP contribution in [0, 0.1) is 6.92 Å². The third kappa shape index (κ3) is 4.75. The summed E-state index contributed by atoms with van der Waals surface area (Å²) in [4.78, 5) is 12.8. The van der Waals surface area contributed by atoms with Crippen LogP contribution in [0.25, 0.3) is 0 Å². The number of anilines is 2. The highest BCUT2D eigenvalue weighted by atomic mass is 35.5. The van der Waals surface area contributed by atoms with Crippen LogP contribution < -0.4 is 14.4 Å². The van der Waals surface area contributed by atoms with E-state index < -0.39 is 22.5 Å². The van der Waals surface area contributed by atoms with Crippen LogP contribution in [-0.2, 0) is 14.8 Å². The van der Waals surface area contributed by atoms with Crippen molar-refractivity contribution in [3.05, 3.63) is 83.4 Å². The van der Waals surface area contributed by atoms with Gasteiger partial charge in [-0.3, -0.25) is 9.10 Å². The summed E-state index contributed by atoms with van der Waals surface area (Å²) < 4.78 is 32.8. The maximum Gasteiger partial charge on any atom is 0.264 e. The van der Waals surface area contributed by atoms with Gasteiger partial charge in [0.15, 0.2) is 0 Å². The summed E-state index contributed by atoms with van der Waals surface area (Å²) in [6, 6.07) is 19.6. The number of amides is 1. The Balaban J connectivity index is 1.93. The molecule has 0 radical (unpaired) electrons. The number of halogens is 1. The highest BCUT2D eigenvalue weighted by Gasteiger charge is 2.27. The first-order valence-electron chi connectivity index (χ1n) is 9.09. The third-order valence-electron chi connectivity index (χ3n) is 4.52. The van der Waals surface area contributed by atoms with Crippen molar-refractivity contribution in [2.24, 2.45) is 0 Å². The number of rotatable bonds is 7. The molecule has 3 rings (SSSR count). The van der Waals surface area contributed by atoms with Gasteiger partial charge in [0.1, 0.15) is 12.3 Å². The highest BCUT2D eigenvalue weighted by molar-refractivity contribution is 7.92. The Kier molecular flexibility index (Phi) is 6.64. The van der Waals surface area contributed by atoms with E-state index in [0.29, 0.717) is 27.7 Å². The molecule has 3 aromatic rings. The van der Waals surface area contributed by atoms with Crippen LogP contribution >= 0.6 is 11.6 Å². The molecule has 0 saturated heterocycles. The number of nitrogens with one attached hydrogen (secondary N) is 1. The van der Waals surface area contributed by atoms with Crippen LogP contribution in [0.1, 0.15) is 5.56 Å². The summed E-state index contributed by atoms with van der Waals surface area (Å²) in [5.74, 6) is 0.0516. The molecule has 0 bridgehead atoms. The normalized spacial score (nSPS) is 11.0. The lowest BCUT2D eigenvalue weighted by Gasteiger charge is -2.24. The molecule has 6 nitrogen and oxygen atoms in total. The van der Waals surface area contributed by atoms with Gasteiger partial charge in [0.05, 0.1) is 17.7 Å². The average molecular weight is 445 g/mol. The van der Waals surface area contributed by atoms with Gasteiger partial charge in [-0.2, -0.15) is 0 Å². The number of hydrogen-bond donors (Lipinski definition) is 1. The summed E-state index contributed by atoms with van der Waals surface area (Å²) in [5, 5.41) is 3.26. The Morgan fingerprint density at radius 2 is 1.67 bits per heavy atom. The van der Waals surface area contributed by atoms with Gasteiger partial charge in [-0.25, -0.2) is 8.42 Å². The number of para-hydroxylation sites is 1. The van der Waals surface area contributed by atoms with Gasteiger partial charge in [0.25, 0.3) is 10.0 Å². The Morgan fingerprint density at radius 1 is 1.00 bits per heavy atom. The first-order valence-corrected chi connectivity index (χ1v) is 10.9. The van der Waals surface area contributed by atoms with E-state index in [1.807, 2.05) is 0 Å². The Morgan fingerprint density at radius 3 is 2.30 bits per heavy atom. The highest BCUT2D eigenvalue weighted by Crippen LogP contribution is 2.26. The van der Waals surface area contributed by atoms with Crippen molar-refractivity contribution in [2.45, 2.75) is 11.8 Å². The van der Waals surface area contributed by atoms with Crippen molar-refractivity contribution < 1.29 is 17.9 Å². The molecule has 0 atom stereocenters. The van der Waals surface area contributed by atoms with E-state index in [0.717, 1.165) is 4.31 Å². The largest absolute Gasteiger partial charge is 0.497 e. The topological polar surface area (TPSA) is 75.7 Å². The van der Waals surface area contributed by atoms with Crippen LogP contribution in [0.2, 0.25) is 5.02 Å². The van der Waals surface area contributed by atoms with Crippen LogP contribution in [-0.4, -0.2) is 28.0 Å². The molecule has 0 saturated carbocycles. The SMILES string of the molecule is COc1ccc(S(=O)(=O)N(CC(=O)Nc2cccc(Cl)c2C)c2ccccc2)cc1. The van der Waals surface area contributed by atoms with E-state index in [-0.39, 0.29) is 4.90 Å². The second-order valence-electron chi connectivity index (χ2n) is 6.48. The van der Waals surface area contributed by atoms with E-state index in [2.05, 4.69) is 5.32 Å². The molecule has 0 aliphatic heterocycles. The molecule has 0 aliphatic carbocycles. The minimum atomic E-state index is -3.99. The van der Waals surface area contributed by atoms with Crippen molar-refractivity contribution >= 4 is 38.9 Å². The van der Waals surface area contributed by atoms with Gasteiger partial charge in [-0.1, -0.05) is 35.9 Å². The first kappa shape index (κ1) is 21.7. The number of sulfonamides is 1. The predicted octanol–water partition coefficient (Wildman–Crippen LogP) is 4.49. The number of carbonyl (C=O) groups excluding carboxylic acids is 1. The van der Waals surface area contributed by atoms with Gasteiger partial charge in [0.2, 0.25) is 5.91 Å². The molecule has 0 spiro atoms. The Hall–Kier alpha value is -3.03. The summed E-state index contributed by atoms with van der Waals surface area (Å²) in [6.45, 7) is 1.38. The molecule has 0 heterocycles. The van der Waals surface area contributed by atoms with Crippen LogP contribution in [0.3, 0.4) is 0 Å². The standard InChI is InChI=1S/C22H21ClN2O4S/c1-16-20(23)9-6-10-21(16)24-22(26)15-25(17-7-4-3-5-8-17)30(27,28)19-13-11-18(29-2)12-14-19/h3-14H,15H2,1-2H3,(H,24,26). The van der Waals surface area contributed by atoms with Crippen LogP contribution in [0.4, 0.5) is 11.4 Å². The van der Waals surface area contributed by atoms with E-state index in [9.17, 15) is 13.2 Å². The maximum absolute atomic E-state index is 13.3. The van der Waals surface area contributed by atoms with Crippen molar-refractivity contribution in [2.75, 3.05) is 23.3 Å². The monoisotopic (exact) mass is 444 g/mol. The number of hydrogen-bond acceptors (Lipinski definition) is 4. The zero-order valence-corrected chi connectivity index (χ0v) is 18.1. The van der Waals surface area contributed by atoms with Crippen molar-refractivity contribution in [1.29, 1.82) is 0 Å². The fourth-order valence-corrected chi connectivity index (χ4v) is 4.44. The number of benzene rings is 3. The predicted molar refractivity (Wildman–Crippen MR) is 119 cm³/mol. The fourth-order valence-electron chi connectivity index (χ4n) is 2.85. The molecule has 0 unspecified atom stereocenters. The lowest BCUT2D eigenvalue weighted by Crippen LogP contribution is -2.38. The molecule has 30 heavy (non-hydrogen) atoms. The zero-order valence-electron chi connectivity index (χ0n) is 16.5. The molecule has 0 aromatic heterocycles. The summed E-state index contributed by atoms with van der Waals surface area (Å²) >= 11 is 6.11. The first-order chi connectivity index (χ1) is 14.3. The van der Waals surface area contributed by atoms with E-state index in [4.69, 9.17) is 16.3 Å². The third-order valence-corrected chi connectivity index (χ3v) is 6.72. The molecule has 8 heteroatoms. The molecule has 1 N–H and O–H groups in total. The number of ether oxygens (including phenoxy) is 1. The van der Waals surface area contributed by atoms with Crippen molar-refractivity contribution in [3.63, 3.8) is 0 Å². The molecule has 0 aliphatic rings. The summed E-state index contributed by atoms with van der Waals surface area (Å²) in [5.41, 5.74) is 1.62. The summed E-state index contributed by atoms with van der Waals surface area (Å²) in [7, 11) is -2.49. The van der Waals surface area contributed by atoms with Crippen molar-refractivity contribution in [3.8, 4) is 5.75 Å². The minimum absolute atomic E-state index is 0.0545. The molecular weight excluding hydrogens is 424 g/mol. The number of nitrogens with zero attached hydrogens (tertiary/aromatic N) is 1. The number of methoxy groups -OCH3 is 1. The van der Waals surface area contributed by atoms with Crippen molar-refractivity contribution in [1.82, 2.24) is 0 Å². The van der Waals surface area contributed by atoms with E-state index in [1.165, 1.54) is 19.2 Å². The molecule has 1 amide bonds. The average Bonchev–Trinajstić information content (AvgIpc) is 2.76. The number of carbonyl (C=O) groups is 1. The van der Waals surface area contributed by atoms with E-state index >= 15 is 0 Å². The quantitative estimate of drug-likeness (QED) is 0.582. The lowest BCUT2D eigenvalue weighted by atomic mass is 10.2. The fraction of sp³-hybridized carbons (Fsp3) is 0.136. The Labute approximate surface area is 181 Å². The molecular formula is C22H21ClN2O4S. The maximum atomic E-state index is 13.3. The second kappa shape index (κ2) is 9.19. The van der Waals surface area contributed by atoms with Gasteiger partial charge in [-0.15, -0.1) is 0 Å². The molecule has 0 fully saturated rings. The van der Waals surface area contributed by atoms with Gasteiger partial charge in [-0.05, 0) is 61.0 Å². The van der Waals surface area contributed by atoms with E-state index in [1.54, 1.807) is 67.6 Å². The second-order valence-corrected chi connectivity index (χ2v) is 8.75. The molecule has 3 aromatic carbocycles. The van der Waals surface area contributed by atoms with Gasteiger partial charge in [0, 0.05) is 10.7 Å². The smallest absolute Gasteiger partial charge is 0.264 e. The minimum Gasteiger partial charge on any atom is -0.497 e. The van der Waals surface area contributed by atoms with Gasteiger partial charge >= 0.3 is 0 Å². The summed E-state index contributed by atoms with van der Waals surface area (Å²) in [6.07, 6.45) is 0. The molecule has 156 valence electrons. The van der Waals surface area contributed by atoms with Crippen LogP contribution in [0.5, 0.6) is 5.75 Å².